The quantitative estimate of drug-likeness (QED) is 0.668. The predicted octanol–water partition coefficient (Wildman–Crippen LogP) is 0.797. The minimum atomic E-state index is -0.468. The average molecular weight is 269 g/mol. The van der Waals surface area contributed by atoms with Crippen molar-refractivity contribution >= 4 is 11.8 Å². The van der Waals surface area contributed by atoms with Gasteiger partial charge in [-0.2, -0.15) is 0 Å². The van der Waals surface area contributed by atoms with Crippen LogP contribution in [0.2, 0.25) is 0 Å². The maximum Gasteiger partial charge on any atom is 0.242 e. The Kier molecular flexibility index (Phi) is 6.28. The van der Waals surface area contributed by atoms with E-state index >= 15 is 0 Å². The fourth-order valence-electron chi connectivity index (χ4n) is 2.44. The Bertz CT molecular complexity index is 312. The molecule has 1 rings (SSSR count). The zero-order chi connectivity index (χ0) is 14.3. The van der Waals surface area contributed by atoms with Crippen LogP contribution in [0.3, 0.4) is 0 Å². The highest BCUT2D eigenvalue weighted by molar-refractivity contribution is 5.90. The van der Waals surface area contributed by atoms with Gasteiger partial charge in [0.15, 0.2) is 0 Å². The summed E-state index contributed by atoms with van der Waals surface area (Å²) in [7, 11) is 0. The molecule has 0 saturated carbocycles. The van der Waals surface area contributed by atoms with Crippen molar-refractivity contribution in [3.8, 4) is 0 Å². The van der Waals surface area contributed by atoms with Gasteiger partial charge in [-0.25, -0.2) is 0 Å². The summed E-state index contributed by atoms with van der Waals surface area (Å²) in [5, 5.41) is 8.94. The Labute approximate surface area is 115 Å². The normalized spacial score (nSPS) is 24.6. The topological polar surface area (TPSA) is 70.2 Å². The maximum atomic E-state index is 12.4. The van der Waals surface area contributed by atoms with Crippen LogP contribution in [0.1, 0.15) is 46.5 Å². The highest BCUT2D eigenvalue weighted by atomic mass is 16.2. The van der Waals surface area contributed by atoms with Crippen LogP contribution in [-0.4, -0.2) is 37.5 Å². The zero-order valence-corrected chi connectivity index (χ0v) is 12.3. The molecular weight excluding hydrogens is 242 g/mol. The Hall–Kier alpha value is -1.10. The number of amides is 2. The number of rotatable bonds is 6. The van der Waals surface area contributed by atoms with E-state index in [0.717, 1.165) is 32.2 Å². The van der Waals surface area contributed by atoms with Gasteiger partial charge in [0.05, 0.1) is 5.41 Å². The minimum Gasteiger partial charge on any atom is -0.354 e. The van der Waals surface area contributed by atoms with Gasteiger partial charge < -0.3 is 16.0 Å². The molecule has 2 unspecified atom stereocenters. The third-order valence-corrected chi connectivity index (χ3v) is 3.92. The molecule has 0 radical (unpaired) electrons. The molecule has 3 N–H and O–H groups in total. The van der Waals surface area contributed by atoms with Crippen molar-refractivity contribution in [2.75, 3.05) is 19.6 Å². The van der Waals surface area contributed by atoms with Crippen molar-refractivity contribution in [1.29, 1.82) is 0 Å². The number of carbonyl (C=O) groups is 2. The highest BCUT2D eigenvalue weighted by Gasteiger charge is 2.38. The number of nitrogens with one attached hydrogen (secondary N) is 3. The van der Waals surface area contributed by atoms with Crippen LogP contribution in [-0.2, 0) is 9.59 Å². The lowest BCUT2D eigenvalue weighted by Gasteiger charge is -2.36. The molecular formula is C14H27N3O2. The lowest BCUT2D eigenvalue weighted by Crippen LogP contribution is -2.54. The first-order valence-corrected chi connectivity index (χ1v) is 7.35. The fraction of sp³-hybridized carbons (Fsp3) is 0.857. The van der Waals surface area contributed by atoms with E-state index < -0.39 is 6.04 Å². The molecule has 2 amide bonds. The van der Waals surface area contributed by atoms with Crippen LogP contribution < -0.4 is 16.0 Å². The molecule has 0 aromatic carbocycles. The number of carbonyl (C=O) groups excluding carboxylic acids is 2. The standard InChI is InChI=1S/C14H27N3O2/c1-4-8-16-12(18)11(3)17-13(19)14(5-2)7-6-9-15-10-14/h11,15H,4-10H2,1-3H3,(H,16,18)(H,17,19). The second-order valence-electron chi connectivity index (χ2n) is 5.40. The van der Waals surface area contributed by atoms with Crippen molar-refractivity contribution in [3.05, 3.63) is 0 Å². The molecule has 5 heteroatoms. The SMILES string of the molecule is CCCNC(=O)C(C)NC(=O)C1(CC)CCCNC1. The van der Waals surface area contributed by atoms with E-state index in [1.807, 2.05) is 13.8 Å². The molecule has 1 fully saturated rings. The number of piperidine rings is 1. The van der Waals surface area contributed by atoms with Crippen LogP contribution >= 0.6 is 0 Å². The van der Waals surface area contributed by atoms with Crippen molar-refractivity contribution in [2.45, 2.75) is 52.5 Å². The summed E-state index contributed by atoms with van der Waals surface area (Å²) in [4.78, 5) is 24.2. The summed E-state index contributed by atoms with van der Waals surface area (Å²) < 4.78 is 0. The third-order valence-electron chi connectivity index (χ3n) is 3.92. The Morgan fingerprint density at radius 2 is 2.11 bits per heavy atom. The van der Waals surface area contributed by atoms with E-state index in [2.05, 4.69) is 16.0 Å². The summed E-state index contributed by atoms with van der Waals surface area (Å²) in [6.45, 7) is 8.11. The first-order chi connectivity index (χ1) is 9.05. The average Bonchev–Trinajstić information content (AvgIpc) is 2.45. The molecule has 0 aliphatic carbocycles. The first kappa shape index (κ1) is 16.0. The minimum absolute atomic E-state index is 0.00125. The van der Waals surface area contributed by atoms with E-state index in [1.54, 1.807) is 6.92 Å². The Balaban J connectivity index is 2.54. The van der Waals surface area contributed by atoms with Gasteiger partial charge in [-0.1, -0.05) is 13.8 Å². The summed E-state index contributed by atoms with van der Waals surface area (Å²) in [6, 6.07) is -0.468. The first-order valence-electron chi connectivity index (χ1n) is 7.35. The molecule has 0 spiro atoms. The summed E-state index contributed by atoms with van der Waals surface area (Å²) in [5.74, 6) is -0.105. The van der Waals surface area contributed by atoms with E-state index in [9.17, 15) is 9.59 Å². The second kappa shape index (κ2) is 7.48. The van der Waals surface area contributed by atoms with Crippen LogP contribution in [0.25, 0.3) is 0 Å². The smallest absolute Gasteiger partial charge is 0.242 e. The van der Waals surface area contributed by atoms with Gasteiger partial charge in [-0.3, -0.25) is 9.59 Å². The molecule has 1 aliphatic heterocycles. The lowest BCUT2D eigenvalue weighted by molar-refractivity contribution is -0.136. The lowest BCUT2D eigenvalue weighted by atomic mass is 9.77. The van der Waals surface area contributed by atoms with E-state index in [-0.39, 0.29) is 17.2 Å². The van der Waals surface area contributed by atoms with E-state index in [0.29, 0.717) is 13.1 Å². The van der Waals surface area contributed by atoms with Gasteiger partial charge >= 0.3 is 0 Å². The molecule has 0 aromatic rings. The van der Waals surface area contributed by atoms with Crippen LogP contribution in [0, 0.1) is 5.41 Å². The monoisotopic (exact) mass is 269 g/mol. The molecule has 0 aromatic heterocycles. The Morgan fingerprint density at radius 3 is 2.63 bits per heavy atom. The van der Waals surface area contributed by atoms with Gasteiger partial charge in [0.2, 0.25) is 11.8 Å². The van der Waals surface area contributed by atoms with Crippen molar-refractivity contribution in [1.82, 2.24) is 16.0 Å². The molecule has 1 saturated heterocycles. The summed E-state index contributed by atoms with van der Waals surface area (Å²) in [5.41, 5.74) is -0.350. The summed E-state index contributed by atoms with van der Waals surface area (Å²) in [6.07, 6.45) is 3.60. The van der Waals surface area contributed by atoms with Crippen molar-refractivity contribution < 1.29 is 9.59 Å². The largest absolute Gasteiger partial charge is 0.354 e. The Morgan fingerprint density at radius 1 is 1.37 bits per heavy atom. The van der Waals surface area contributed by atoms with Crippen molar-refractivity contribution in [2.24, 2.45) is 5.41 Å². The maximum absolute atomic E-state index is 12.4. The van der Waals surface area contributed by atoms with Gasteiger partial charge in [-0.05, 0) is 39.2 Å². The van der Waals surface area contributed by atoms with E-state index in [1.165, 1.54) is 0 Å². The molecule has 2 atom stereocenters. The highest BCUT2D eigenvalue weighted by Crippen LogP contribution is 2.30. The van der Waals surface area contributed by atoms with Crippen molar-refractivity contribution in [3.63, 3.8) is 0 Å². The van der Waals surface area contributed by atoms with Gasteiger partial charge in [0.1, 0.15) is 6.04 Å². The van der Waals surface area contributed by atoms with Crippen LogP contribution in [0.4, 0.5) is 0 Å². The van der Waals surface area contributed by atoms with Crippen LogP contribution in [0.15, 0.2) is 0 Å². The number of hydrogen-bond acceptors (Lipinski definition) is 3. The van der Waals surface area contributed by atoms with Gasteiger partial charge in [-0.15, -0.1) is 0 Å². The molecule has 19 heavy (non-hydrogen) atoms. The second-order valence-corrected chi connectivity index (χ2v) is 5.40. The molecule has 0 bridgehead atoms. The third kappa shape index (κ3) is 4.20. The fourth-order valence-corrected chi connectivity index (χ4v) is 2.44. The molecule has 1 heterocycles. The predicted molar refractivity (Wildman–Crippen MR) is 75.7 cm³/mol. The summed E-state index contributed by atoms with van der Waals surface area (Å²) >= 11 is 0. The zero-order valence-electron chi connectivity index (χ0n) is 12.3. The molecule has 5 nitrogen and oxygen atoms in total. The molecule has 110 valence electrons. The van der Waals surface area contributed by atoms with Gasteiger partial charge in [0, 0.05) is 13.1 Å². The van der Waals surface area contributed by atoms with Gasteiger partial charge in [0.25, 0.3) is 0 Å². The van der Waals surface area contributed by atoms with E-state index in [4.69, 9.17) is 0 Å². The number of hydrogen-bond donors (Lipinski definition) is 3. The molecule has 1 aliphatic rings. The van der Waals surface area contributed by atoms with Crippen LogP contribution in [0.5, 0.6) is 0 Å².